The van der Waals surface area contributed by atoms with Gasteiger partial charge in [0.2, 0.25) is 0 Å². The summed E-state index contributed by atoms with van der Waals surface area (Å²) >= 11 is 1.89. The Morgan fingerprint density at radius 3 is 2.47 bits per heavy atom. The lowest BCUT2D eigenvalue weighted by molar-refractivity contribution is 0.0606. The Hall–Kier alpha value is -0.200. The summed E-state index contributed by atoms with van der Waals surface area (Å²) < 4.78 is 0. The minimum atomic E-state index is 0.216. The van der Waals surface area contributed by atoms with Crippen LogP contribution in [-0.2, 0) is 0 Å². The van der Waals surface area contributed by atoms with Gasteiger partial charge in [0, 0.05) is 17.8 Å². The van der Waals surface area contributed by atoms with Crippen LogP contribution in [0.15, 0.2) is 0 Å². The maximum absolute atomic E-state index is 9.43. The fraction of sp³-hybridized carbons (Fsp3) is 0.938. The summed E-state index contributed by atoms with van der Waals surface area (Å²) in [5.41, 5.74) is 0.363. The predicted octanol–water partition coefficient (Wildman–Crippen LogP) is 4.02. The van der Waals surface area contributed by atoms with Crippen molar-refractivity contribution >= 4 is 11.8 Å². The first kappa shape index (κ1) is 16.9. The molecule has 4 unspecified atom stereocenters. The Morgan fingerprint density at radius 1 is 1.37 bits per heavy atom. The zero-order chi connectivity index (χ0) is 14.6. The minimum Gasteiger partial charge on any atom is -0.299 e. The van der Waals surface area contributed by atoms with Crippen molar-refractivity contribution < 1.29 is 0 Å². The Morgan fingerprint density at radius 2 is 2.00 bits per heavy atom. The SMILES string of the molecule is CSCC(C)N(C)C1CC(C(C)(C)C)CCC1C#N. The van der Waals surface area contributed by atoms with E-state index >= 15 is 0 Å². The normalized spacial score (nSPS) is 30.1. The molecule has 1 aliphatic rings. The maximum Gasteiger partial charge on any atom is 0.0672 e. The van der Waals surface area contributed by atoms with Crippen LogP contribution in [0.3, 0.4) is 0 Å². The van der Waals surface area contributed by atoms with Gasteiger partial charge in [0.25, 0.3) is 0 Å². The topological polar surface area (TPSA) is 27.0 Å². The van der Waals surface area contributed by atoms with Gasteiger partial charge in [0.15, 0.2) is 0 Å². The molecule has 0 N–H and O–H groups in total. The lowest BCUT2D eigenvalue weighted by Crippen LogP contribution is -2.48. The first-order valence-corrected chi connectivity index (χ1v) is 8.81. The first-order valence-electron chi connectivity index (χ1n) is 7.41. The highest BCUT2D eigenvalue weighted by atomic mass is 32.2. The van der Waals surface area contributed by atoms with Gasteiger partial charge in [-0.25, -0.2) is 0 Å². The van der Waals surface area contributed by atoms with E-state index in [1.165, 1.54) is 12.8 Å². The van der Waals surface area contributed by atoms with Gasteiger partial charge in [0.05, 0.1) is 12.0 Å². The number of nitrogens with zero attached hydrogens (tertiary/aromatic N) is 2. The molecule has 0 aromatic heterocycles. The predicted molar refractivity (Wildman–Crippen MR) is 85.3 cm³/mol. The highest BCUT2D eigenvalue weighted by Gasteiger charge is 2.38. The van der Waals surface area contributed by atoms with E-state index in [4.69, 9.17) is 0 Å². The fourth-order valence-corrected chi connectivity index (χ4v) is 3.94. The highest BCUT2D eigenvalue weighted by molar-refractivity contribution is 7.98. The van der Waals surface area contributed by atoms with Gasteiger partial charge in [-0.2, -0.15) is 17.0 Å². The molecular formula is C16H30N2S. The molecular weight excluding hydrogens is 252 g/mol. The van der Waals surface area contributed by atoms with Crippen molar-refractivity contribution in [2.24, 2.45) is 17.3 Å². The Labute approximate surface area is 123 Å². The van der Waals surface area contributed by atoms with E-state index in [0.29, 0.717) is 17.5 Å². The van der Waals surface area contributed by atoms with Gasteiger partial charge in [-0.3, -0.25) is 4.90 Å². The van der Waals surface area contributed by atoms with Crippen molar-refractivity contribution in [3.05, 3.63) is 0 Å². The molecule has 3 heteroatoms. The summed E-state index contributed by atoms with van der Waals surface area (Å²) in [6, 6.07) is 3.54. The molecule has 0 aliphatic heterocycles. The fourth-order valence-electron chi connectivity index (χ4n) is 3.22. The third-order valence-electron chi connectivity index (χ3n) is 4.83. The van der Waals surface area contributed by atoms with Crippen molar-refractivity contribution in [2.45, 2.75) is 59.0 Å². The second-order valence-electron chi connectivity index (χ2n) is 7.15. The zero-order valence-electron chi connectivity index (χ0n) is 13.4. The molecule has 110 valence electrons. The van der Waals surface area contributed by atoms with E-state index in [-0.39, 0.29) is 5.92 Å². The van der Waals surface area contributed by atoms with Crippen molar-refractivity contribution in [3.8, 4) is 6.07 Å². The van der Waals surface area contributed by atoms with Crippen molar-refractivity contribution in [1.29, 1.82) is 5.26 Å². The number of nitriles is 1. The van der Waals surface area contributed by atoms with E-state index in [2.05, 4.69) is 52.0 Å². The molecule has 2 nitrogen and oxygen atoms in total. The highest BCUT2D eigenvalue weighted by Crippen LogP contribution is 2.41. The van der Waals surface area contributed by atoms with E-state index in [1.54, 1.807) is 0 Å². The molecule has 0 amide bonds. The van der Waals surface area contributed by atoms with E-state index in [9.17, 15) is 5.26 Å². The second kappa shape index (κ2) is 6.99. The average molecular weight is 282 g/mol. The number of thioether (sulfide) groups is 1. The van der Waals surface area contributed by atoms with E-state index < -0.39 is 0 Å². The lowest BCUT2D eigenvalue weighted by Gasteiger charge is -2.44. The lowest BCUT2D eigenvalue weighted by atomic mass is 9.67. The van der Waals surface area contributed by atoms with Gasteiger partial charge in [0.1, 0.15) is 0 Å². The number of hydrogen-bond acceptors (Lipinski definition) is 3. The van der Waals surface area contributed by atoms with Crippen LogP contribution in [0.4, 0.5) is 0 Å². The van der Waals surface area contributed by atoms with Gasteiger partial charge < -0.3 is 0 Å². The van der Waals surface area contributed by atoms with Crippen molar-refractivity contribution in [1.82, 2.24) is 4.90 Å². The molecule has 0 heterocycles. The average Bonchev–Trinajstić information content (AvgIpc) is 2.36. The maximum atomic E-state index is 9.43. The molecule has 0 aromatic carbocycles. The summed E-state index contributed by atoms with van der Waals surface area (Å²) in [7, 11) is 2.21. The van der Waals surface area contributed by atoms with E-state index in [0.717, 1.165) is 18.1 Å². The summed E-state index contributed by atoms with van der Waals surface area (Å²) in [4.78, 5) is 2.46. The van der Waals surface area contributed by atoms with Gasteiger partial charge in [-0.15, -0.1) is 0 Å². The molecule has 1 aliphatic carbocycles. The molecule has 19 heavy (non-hydrogen) atoms. The molecule has 0 bridgehead atoms. The van der Waals surface area contributed by atoms with Gasteiger partial charge in [-0.1, -0.05) is 20.8 Å². The number of hydrogen-bond donors (Lipinski definition) is 0. The van der Waals surface area contributed by atoms with Crippen LogP contribution >= 0.6 is 11.8 Å². The van der Waals surface area contributed by atoms with Crippen LogP contribution in [0.1, 0.15) is 47.0 Å². The Balaban J connectivity index is 2.78. The minimum absolute atomic E-state index is 0.216. The monoisotopic (exact) mass is 282 g/mol. The third-order valence-corrected chi connectivity index (χ3v) is 5.65. The molecule has 0 aromatic rings. The quantitative estimate of drug-likeness (QED) is 0.779. The van der Waals surface area contributed by atoms with E-state index in [1.807, 2.05) is 11.8 Å². The molecule has 0 saturated heterocycles. The summed E-state index contributed by atoms with van der Waals surface area (Å²) in [5.74, 6) is 2.10. The molecule has 4 atom stereocenters. The van der Waals surface area contributed by atoms with Crippen LogP contribution in [0.2, 0.25) is 0 Å². The van der Waals surface area contributed by atoms with Crippen molar-refractivity contribution in [2.75, 3.05) is 19.1 Å². The molecule has 1 rings (SSSR count). The number of rotatable bonds is 4. The van der Waals surface area contributed by atoms with Crippen LogP contribution in [0, 0.1) is 28.6 Å². The largest absolute Gasteiger partial charge is 0.299 e. The molecule has 0 spiro atoms. The summed E-state index contributed by atoms with van der Waals surface area (Å²) in [6.45, 7) is 9.30. The molecule has 1 saturated carbocycles. The van der Waals surface area contributed by atoms with Crippen LogP contribution in [-0.4, -0.2) is 36.0 Å². The summed E-state index contributed by atoms with van der Waals surface area (Å²) in [6.07, 6.45) is 5.62. The molecule has 1 fully saturated rings. The standard InChI is InChI=1S/C16H30N2S/c1-12(11-19-6)18(5)15-9-14(16(2,3)4)8-7-13(15)10-17/h12-15H,7-9,11H2,1-6H3. The third kappa shape index (κ3) is 4.39. The Bertz CT molecular complexity index is 316. The molecule has 0 radical (unpaired) electrons. The van der Waals surface area contributed by atoms with Gasteiger partial charge >= 0.3 is 0 Å². The van der Waals surface area contributed by atoms with Crippen LogP contribution in [0.25, 0.3) is 0 Å². The smallest absolute Gasteiger partial charge is 0.0672 e. The van der Waals surface area contributed by atoms with Crippen LogP contribution in [0.5, 0.6) is 0 Å². The van der Waals surface area contributed by atoms with Crippen LogP contribution < -0.4 is 0 Å². The van der Waals surface area contributed by atoms with Crippen molar-refractivity contribution in [3.63, 3.8) is 0 Å². The summed E-state index contributed by atoms with van der Waals surface area (Å²) in [5, 5.41) is 9.43. The Kier molecular flexibility index (Phi) is 6.20. The first-order chi connectivity index (χ1) is 8.81. The van der Waals surface area contributed by atoms with Gasteiger partial charge in [-0.05, 0) is 50.8 Å². The second-order valence-corrected chi connectivity index (χ2v) is 8.06. The zero-order valence-corrected chi connectivity index (χ0v) is 14.3.